The number of aromatic nitrogens is 1. The monoisotopic (exact) mass is 464 g/mol. The Kier molecular flexibility index (Phi) is 5.85. The van der Waals surface area contributed by atoms with Crippen LogP contribution in [-0.4, -0.2) is 32.3 Å². The second-order valence-electron chi connectivity index (χ2n) is 9.67. The Morgan fingerprint density at radius 3 is 2.50 bits per heavy atom. The number of pyridine rings is 2. The number of nitrogens with one attached hydrogen (secondary N) is 1. The molecule has 2 heterocycles. The van der Waals surface area contributed by atoms with Gasteiger partial charge in [-0.05, 0) is 93.0 Å². The average molecular weight is 465 g/mol. The van der Waals surface area contributed by atoms with Crippen LogP contribution in [0.5, 0.6) is 5.75 Å². The minimum absolute atomic E-state index is 0.0410. The number of ether oxygens (including phenoxy) is 1. The first-order valence-electron chi connectivity index (χ1n) is 11.2. The van der Waals surface area contributed by atoms with Gasteiger partial charge in [0.25, 0.3) is 5.56 Å². The fraction of sp³-hybridized carbons (Fsp3) is 0.346. The molecule has 34 heavy (non-hydrogen) atoms. The van der Waals surface area contributed by atoms with Gasteiger partial charge in [-0.25, -0.2) is 9.59 Å². The number of aromatic hydroxyl groups is 1. The van der Waals surface area contributed by atoms with E-state index in [0.29, 0.717) is 5.56 Å². The standard InChI is InChI=1S/C26H28N2O6/c1-14-18(16-7-8-21(29)17(11-16)13-27-25(33)34-26(2,3)4)9-10-28-22(14)19(15-5-6-15)12-20(23(28)30)24(31)32/h7-12,15,29H,5-6,13H2,1-4H3,(H,27,33)(H,31,32). The fourth-order valence-corrected chi connectivity index (χ4v) is 4.14. The van der Waals surface area contributed by atoms with Crippen molar-refractivity contribution < 1.29 is 24.5 Å². The van der Waals surface area contributed by atoms with Crippen molar-refractivity contribution in [3.63, 3.8) is 0 Å². The summed E-state index contributed by atoms with van der Waals surface area (Å²) in [7, 11) is 0. The minimum Gasteiger partial charge on any atom is -0.508 e. The van der Waals surface area contributed by atoms with E-state index in [1.54, 1.807) is 51.2 Å². The molecule has 1 fully saturated rings. The Morgan fingerprint density at radius 1 is 1.18 bits per heavy atom. The molecule has 1 aliphatic carbocycles. The number of carbonyl (C=O) groups is 2. The molecule has 1 saturated carbocycles. The van der Waals surface area contributed by atoms with Crippen LogP contribution in [0, 0.1) is 6.92 Å². The van der Waals surface area contributed by atoms with Gasteiger partial charge in [0.05, 0.1) is 5.52 Å². The number of alkyl carbamates (subject to hydrolysis) is 1. The first-order valence-corrected chi connectivity index (χ1v) is 11.2. The van der Waals surface area contributed by atoms with E-state index >= 15 is 0 Å². The molecule has 8 nitrogen and oxygen atoms in total. The van der Waals surface area contributed by atoms with E-state index in [4.69, 9.17) is 4.74 Å². The van der Waals surface area contributed by atoms with Crippen molar-refractivity contribution in [1.82, 2.24) is 9.72 Å². The van der Waals surface area contributed by atoms with Crippen molar-refractivity contribution in [3.8, 4) is 16.9 Å². The number of aromatic carboxylic acids is 1. The van der Waals surface area contributed by atoms with Crippen LogP contribution in [0.2, 0.25) is 0 Å². The average Bonchev–Trinajstić information content (AvgIpc) is 3.58. The number of phenolic OH excluding ortho intramolecular Hbond substituents is 1. The van der Waals surface area contributed by atoms with Crippen LogP contribution < -0.4 is 10.9 Å². The molecule has 0 radical (unpaired) electrons. The van der Waals surface area contributed by atoms with Gasteiger partial charge in [0.1, 0.15) is 16.9 Å². The lowest BCUT2D eigenvalue weighted by atomic mass is 9.95. The number of rotatable bonds is 5. The third-order valence-corrected chi connectivity index (χ3v) is 5.87. The molecule has 4 rings (SSSR count). The van der Waals surface area contributed by atoms with Crippen LogP contribution in [-0.2, 0) is 11.3 Å². The number of carboxylic acid groups (broad SMARTS) is 1. The summed E-state index contributed by atoms with van der Waals surface area (Å²) in [6.07, 6.45) is 2.93. The number of amides is 1. The van der Waals surface area contributed by atoms with Crippen LogP contribution >= 0.6 is 0 Å². The number of carbonyl (C=O) groups excluding carboxylic acids is 1. The van der Waals surface area contributed by atoms with Crippen LogP contribution in [0.15, 0.2) is 41.3 Å². The first-order chi connectivity index (χ1) is 16.0. The third-order valence-electron chi connectivity index (χ3n) is 5.87. The molecule has 3 aromatic rings. The highest BCUT2D eigenvalue weighted by atomic mass is 16.6. The predicted molar refractivity (Wildman–Crippen MR) is 128 cm³/mol. The first kappa shape index (κ1) is 23.4. The normalized spacial score (nSPS) is 13.6. The SMILES string of the molecule is Cc1c(-c2ccc(O)c(CNC(=O)OC(C)(C)C)c2)ccn2c(=O)c(C(=O)O)cc(C3CC3)c12. The number of fused-ring (bicyclic) bond motifs is 1. The summed E-state index contributed by atoms with van der Waals surface area (Å²) in [5.74, 6) is -0.959. The molecular weight excluding hydrogens is 436 g/mol. The predicted octanol–water partition coefficient (Wildman–Crippen LogP) is 4.58. The molecule has 0 unspecified atom stereocenters. The van der Waals surface area contributed by atoms with Crippen LogP contribution in [0.25, 0.3) is 16.6 Å². The van der Waals surface area contributed by atoms with Gasteiger partial charge in [-0.3, -0.25) is 9.20 Å². The summed E-state index contributed by atoms with van der Waals surface area (Å²) in [5, 5.41) is 22.5. The summed E-state index contributed by atoms with van der Waals surface area (Å²) >= 11 is 0. The van der Waals surface area contributed by atoms with E-state index in [-0.39, 0.29) is 23.8 Å². The van der Waals surface area contributed by atoms with Gasteiger partial charge in [-0.15, -0.1) is 0 Å². The van der Waals surface area contributed by atoms with Crippen molar-refractivity contribution in [3.05, 3.63) is 69.1 Å². The highest BCUT2D eigenvalue weighted by Gasteiger charge is 2.29. The largest absolute Gasteiger partial charge is 0.508 e. The van der Waals surface area contributed by atoms with E-state index in [1.165, 1.54) is 10.5 Å². The van der Waals surface area contributed by atoms with Gasteiger partial charge in [-0.2, -0.15) is 0 Å². The maximum absolute atomic E-state index is 12.8. The molecular formula is C26H28N2O6. The second-order valence-corrected chi connectivity index (χ2v) is 9.67. The van der Waals surface area contributed by atoms with E-state index in [0.717, 1.165) is 40.6 Å². The molecule has 2 aromatic heterocycles. The smallest absolute Gasteiger partial charge is 0.407 e. The van der Waals surface area contributed by atoms with Gasteiger partial charge in [0.2, 0.25) is 0 Å². The quantitative estimate of drug-likeness (QED) is 0.509. The van der Waals surface area contributed by atoms with E-state index in [2.05, 4.69) is 5.32 Å². The molecule has 0 atom stereocenters. The van der Waals surface area contributed by atoms with Crippen molar-refractivity contribution in [1.29, 1.82) is 0 Å². The fourth-order valence-electron chi connectivity index (χ4n) is 4.14. The van der Waals surface area contributed by atoms with Gasteiger partial charge in [0, 0.05) is 18.3 Å². The van der Waals surface area contributed by atoms with E-state index in [1.807, 2.05) is 6.92 Å². The Hall–Kier alpha value is -3.81. The number of hydrogen-bond acceptors (Lipinski definition) is 5. The number of hydrogen-bond donors (Lipinski definition) is 3. The number of phenols is 1. The maximum Gasteiger partial charge on any atom is 0.407 e. The lowest BCUT2D eigenvalue weighted by molar-refractivity contribution is 0.0522. The number of aryl methyl sites for hydroxylation is 1. The zero-order chi connectivity index (χ0) is 24.8. The van der Waals surface area contributed by atoms with Gasteiger partial charge in [0.15, 0.2) is 0 Å². The summed E-state index contributed by atoms with van der Waals surface area (Å²) in [4.78, 5) is 36.4. The van der Waals surface area contributed by atoms with Crippen molar-refractivity contribution in [2.45, 2.75) is 58.6 Å². The Labute approximate surface area is 196 Å². The Balaban J connectivity index is 1.75. The summed E-state index contributed by atoms with van der Waals surface area (Å²) < 4.78 is 6.67. The highest BCUT2D eigenvalue weighted by molar-refractivity contribution is 5.89. The molecule has 0 bridgehead atoms. The van der Waals surface area contributed by atoms with Gasteiger partial charge >= 0.3 is 12.1 Å². The molecule has 0 aliphatic heterocycles. The van der Waals surface area contributed by atoms with Gasteiger partial charge < -0.3 is 20.3 Å². The zero-order valence-electron chi connectivity index (χ0n) is 19.6. The van der Waals surface area contributed by atoms with E-state index in [9.17, 15) is 24.6 Å². The highest BCUT2D eigenvalue weighted by Crippen LogP contribution is 2.43. The Morgan fingerprint density at radius 2 is 1.88 bits per heavy atom. The maximum atomic E-state index is 12.8. The Bertz CT molecular complexity index is 1360. The molecule has 0 spiro atoms. The number of benzene rings is 1. The molecule has 1 aromatic carbocycles. The molecule has 178 valence electrons. The van der Waals surface area contributed by atoms with Crippen LogP contribution in [0.1, 0.15) is 66.6 Å². The van der Waals surface area contributed by atoms with Crippen molar-refractivity contribution in [2.75, 3.05) is 0 Å². The minimum atomic E-state index is -1.23. The summed E-state index contributed by atoms with van der Waals surface area (Å²) in [6, 6.07) is 8.40. The number of nitrogens with zero attached hydrogens (tertiary/aromatic N) is 1. The zero-order valence-corrected chi connectivity index (χ0v) is 19.6. The lowest BCUT2D eigenvalue weighted by Gasteiger charge is -2.20. The van der Waals surface area contributed by atoms with Crippen LogP contribution in [0.4, 0.5) is 4.79 Å². The molecule has 1 aliphatic rings. The molecule has 8 heteroatoms. The van der Waals surface area contributed by atoms with Crippen molar-refractivity contribution >= 4 is 17.6 Å². The molecule has 0 saturated heterocycles. The topological polar surface area (TPSA) is 117 Å². The summed E-state index contributed by atoms with van der Waals surface area (Å²) in [5.41, 5.74) is 3.17. The second kappa shape index (κ2) is 8.52. The third kappa shape index (κ3) is 4.62. The number of carboxylic acids is 1. The molecule has 3 N–H and O–H groups in total. The summed E-state index contributed by atoms with van der Waals surface area (Å²) in [6.45, 7) is 7.30. The van der Waals surface area contributed by atoms with E-state index < -0.39 is 23.2 Å². The van der Waals surface area contributed by atoms with Gasteiger partial charge in [-0.1, -0.05) is 6.07 Å². The van der Waals surface area contributed by atoms with Crippen molar-refractivity contribution in [2.24, 2.45) is 0 Å². The van der Waals surface area contributed by atoms with Crippen LogP contribution in [0.3, 0.4) is 0 Å². The molecule has 1 amide bonds. The lowest BCUT2D eigenvalue weighted by Crippen LogP contribution is -2.32.